The molecule has 0 aromatic heterocycles. The van der Waals surface area contributed by atoms with Crippen LogP contribution in [0.15, 0.2) is 24.3 Å². The van der Waals surface area contributed by atoms with E-state index in [1.807, 2.05) is 13.8 Å². The highest BCUT2D eigenvalue weighted by atomic mass is 16.4. The smallest absolute Gasteiger partial charge is 0.304 e. The van der Waals surface area contributed by atoms with Crippen molar-refractivity contribution in [3.05, 3.63) is 35.4 Å². The van der Waals surface area contributed by atoms with Gasteiger partial charge in [0.1, 0.15) is 6.10 Å². The summed E-state index contributed by atoms with van der Waals surface area (Å²) in [4.78, 5) is 10.8. The fourth-order valence-electron chi connectivity index (χ4n) is 1.98. The van der Waals surface area contributed by atoms with Crippen LogP contribution in [0.4, 0.5) is 0 Å². The maximum absolute atomic E-state index is 10.8. The van der Waals surface area contributed by atoms with Crippen LogP contribution in [-0.4, -0.2) is 27.9 Å². The minimum atomic E-state index is -0.973. The molecule has 1 aromatic rings. The van der Waals surface area contributed by atoms with E-state index in [9.17, 15) is 9.90 Å². The topological polar surface area (TPSA) is 77.8 Å². The molecule has 1 aromatic carbocycles. The highest BCUT2D eigenvalue weighted by Crippen LogP contribution is 2.32. The summed E-state index contributed by atoms with van der Waals surface area (Å²) in [5.74, 6) is -0.886. The average molecular weight is 238 g/mol. The first kappa shape index (κ1) is 13.7. The Morgan fingerprint density at radius 1 is 1.35 bits per heavy atom. The number of carbonyl (C=O) groups is 1. The molecular weight excluding hydrogens is 220 g/mol. The number of benzene rings is 1. The van der Waals surface area contributed by atoms with Gasteiger partial charge in [0, 0.05) is 5.41 Å². The summed E-state index contributed by atoms with van der Waals surface area (Å²) in [7, 11) is 0. The van der Waals surface area contributed by atoms with Gasteiger partial charge in [0.15, 0.2) is 0 Å². The third kappa shape index (κ3) is 3.28. The molecular formula is C13H18O4. The number of aliphatic carboxylic acids is 1. The Labute approximate surface area is 101 Å². The molecule has 4 nitrogen and oxygen atoms in total. The quantitative estimate of drug-likeness (QED) is 0.725. The van der Waals surface area contributed by atoms with E-state index in [0.29, 0.717) is 5.56 Å². The molecule has 0 radical (unpaired) electrons. The number of aliphatic hydroxyl groups is 2. The summed E-state index contributed by atoms with van der Waals surface area (Å²) in [6, 6.07) is 7.05. The van der Waals surface area contributed by atoms with Crippen LogP contribution in [-0.2, 0) is 10.2 Å². The zero-order chi connectivity index (χ0) is 13.1. The maximum Gasteiger partial charge on any atom is 0.304 e. The third-order valence-electron chi connectivity index (χ3n) is 2.82. The molecule has 1 unspecified atom stereocenters. The van der Waals surface area contributed by atoms with Gasteiger partial charge in [0.2, 0.25) is 0 Å². The minimum Gasteiger partial charge on any atom is -0.481 e. The molecule has 0 amide bonds. The standard InChI is InChI=1S/C13H18O4/c1-13(2,7-12(16)17)10-6-4-3-5-9(10)11(15)8-14/h3-6,11,14-15H,7-8H2,1-2H3,(H,16,17). The second kappa shape index (κ2) is 5.29. The van der Waals surface area contributed by atoms with E-state index < -0.39 is 17.5 Å². The van der Waals surface area contributed by atoms with E-state index in [0.717, 1.165) is 5.56 Å². The van der Waals surface area contributed by atoms with E-state index in [2.05, 4.69) is 0 Å². The van der Waals surface area contributed by atoms with Gasteiger partial charge in [-0.3, -0.25) is 4.79 Å². The van der Waals surface area contributed by atoms with Crippen molar-refractivity contribution < 1.29 is 20.1 Å². The summed E-state index contributed by atoms with van der Waals surface area (Å²) in [6.07, 6.45) is -0.999. The average Bonchev–Trinajstić information content (AvgIpc) is 2.26. The Balaban J connectivity index is 3.16. The van der Waals surface area contributed by atoms with Crippen molar-refractivity contribution in [1.29, 1.82) is 0 Å². The second-order valence-electron chi connectivity index (χ2n) is 4.74. The van der Waals surface area contributed by atoms with Gasteiger partial charge in [0.25, 0.3) is 0 Å². The van der Waals surface area contributed by atoms with Gasteiger partial charge in [-0.1, -0.05) is 38.1 Å². The lowest BCUT2D eigenvalue weighted by Crippen LogP contribution is -2.24. The molecule has 94 valence electrons. The van der Waals surface area contributed by atoms with Crippen LogP contribution < -0.4 is 0 Å². The van der Waals surface area contributed by atoms with Crippen LogP contribution >= 0.6 is 0 Å². The van der Waals surface area contributed by atoms with Gasteiger partial charge in [0.05, 0.1) is 13.0 Å². The normalized spacial score (nSPS) is 13.4. The first-order valence-electron chi connectivity index (χ1n) is 5.48. The highest BCUT2D eigenvalue weighted by Gasteiger charge is 2.28. The van der Waals surface area contributed by atoms with Crippen LogP contribution in [0, 0.1) is 0 Å². The summed E-state index contributed by atoms with van der Waals surface area (Å²) in [5.41, 5.74) is 0.753. The first-order chi connectivity index (χ1) is 7.88. The van der Waals surface area contributed by atoms with E-state index in [4.69, 9.17) is 10.2 Å². The maximum atomic E-state index is 10.8. The third-order valence-corrected chi connectivity index (χ3v) is 2.82. The van der Waals surface area contributed by atoms with Gasteiger partial charge in [-0.15, -0.1) is 0 Å². The Kier molecular flexibility index (Phi) is 4.26. The van der Waals surface area contributed by atoms with Gasteiger partial charge in [-0.05, 0) is 11.1 Å². The van der Waals surface area contributed by atoms with Crippen LogP contribution in [0.1, 0.15) is 37.5 Å². The Morgan fingerprint density at radius 2 is 1.94 bits per heavy atom. The summed E-state index contributed by atoms with van der Waals surface area (Å²) in [5, 5.41) is 27.6. The number of rotatable bonds is 5. The minimum absolute atomic E-state index is 0.0256. The number of carboxylic acids is 1. The SMILES string of the molecule is CC(C)(CC(=O)O)c1ccccc1C(O)CO. The van der Waals surface area contributed by atoms with Crippen LogP contribution in [0.2, 0.25) is 0 Å². The van der Waals surface area contributed by atoms with Crippen LogP contribution in [0.25, 0.3) is 0 Å². The van der Waals surface area contributed by atoms with Gasteiger partial charge < -0.3 is 15.3 Å². The van der Waals surface area contributed by atoms with Crippen LogP contribution in [0.3, 0.4) is 0 Å². The van der Waals surface area contributed by atoms with E-state index in [-0.39, 0.29) is 13.0 Å². The van der Waals surface area contributed by atoms with Crippen molar-refractivity contribution in [2.75, 3.05) is 6.61 Å². The number of carboxylic acid groups (broad SMARTS) is 1. The van der Waals surface area contributed by atoms with Crippen molar-refractivity contribution in [2.45, 2.75) is 31.8 Å². The van der Waals surface area contributed by atoms with Crippen molar-refractivity contribution in [1.82, 2.24) is 0 Å². The molecule has 3 N–H and O–H groups in total. The molecule has 1 atom stereocenters. The van der Waals surface area contributed by atoms with E-state index in [1.54, 1.807) is 24.3 Å². The summed E-state index contributed by atoms with van der Waals surface area (Å²) in [6.45, 7) is 3.24. The Hall–Kier alpha value is -1.39. The van der Waals surface area contributed by atoms with Gasteiger partial charge in [-0.25, -0.2) is 0 Å². The second-order valence-corrected chi connectivity index (χ2v) is 4.74. The Morgan fingerprint density at radius 3 is 2.47 bits per heavy atom. The lowest BCUT2D eigenvalue weighted by atomic mass is 9.78. The summed E-state index contributed by atoms with van der Waals surface area (Å²) >= 11 is 0. The van der Waals surface area contributed by atoms with Crippen molar-refractivity contribution in [2.24, 2.45) is 0 Å². The molecule has 0 aliphatic rings. The molecule has 0 heterocycles. The summed E-state index contributed by atoms with van der Waals surface area (Å²) < 4.78 is 0. The number of hydrogen-bond donors (Lipinski definition) is 3. The molecule has 17 heavy (non-hydrogen) atoms. The van der Waals surface area contributed by atoms with Gasteiger partial charge in [-0.2, -0.15) is 0 Å². The molecule has 4 heteroatoms. The molecule has 0 saturated carbocycles. The monoisotopic (exact) mass is 238 g/mol. The van der Waals surface area contributed by atoms with Crippen molar-refractivity contribution >= 4 is 5.97 Å². The molecule has 0 aliphatic heterocycles. The van der Waals surface area contributed by atoms with E-state index >= 15 is 0 Å². The van der Waals surface area contributed by atoms with Crippen molar-refractivity contribution in [3.63, 3.8) is 0 Å². The van der Waals surface area contributed by atoms with Crippen LogP contribution in [0.5, 0.6) is 0 Å². The molecule has 1 rings (SSSR count). The van der Waals surface area contributed by atoms with Gasteiger partial charge >= 0.3 is 5.97 Å². The largest absolute Gasteiger partial charge is 0.481 e. The zero-order valence-electron chi connectivity index (χ0n) is 10.1. The Bertz CT molecular complexity index is 398. The number of hydrogen-bond acceptors (Lipinski definition) is 3. The molecule has 0 spiro atoms. The van der Waals surface area contributed by atoms with E-state index in [1.165, 1.54) is 0 Å². The fraction of sp³-hybridized carbons (Fsp3) is 0.462. The fourth-order valence-corrected chi connectivity index (χ4v) is 1.98. The zero-order valence-corrected chi connectivity index (χ0v) is 10.1. The first-order valence-corrected chi connectivity index (χ1v) is 5.48. The lowest BCUT2D eigenvalue weighted by Gasteiger charge is -2.27. The number of aliphatic hydroxyl groups excluding tert-OH is 2. The lowest BCUT2D eigenvalue weighted by molar-refractivity contribution is -0.138. The predicted octanol–water partition coefficient (Wildman–Crippen LogP) is 1.46. The van der Waals surface area contributed by atoms with Crippen molar-refractivity contribution in [3.8, 4) is 0 Å². The molecule has 0 aliphatic carbocycles. The molecule has 0 fully saturated rings. The predicted molar refractivity (Wildman–Crippen MR) is 63.8 cm³/mol. The molecule has 0 bridgehead atoms. The molecule has 0 saturated heterocycles. The highest BCUT2D eigenvalue weighted by molar-refractivity contribution is 5.69.